The predicted molar refractivity (Wildman–Crippen MR) is 114 cm³/mol. The molecule has 2 heterocycles. The fourth-order valence-electron chi connectivity index (χ4n) is 2.69. The first kappa shape index (κ1) is 17.5. The number of fused-ring (bicyclic) bond motifs is 2. The van der Waals surface area contributed by atoms with E-state index in [9.17, 15) is 0 Å². The Bertz CT molecular complexity index is 1060. The molecule has 2 aromatic heterocycles. The summed E-state index contributed by atoms with van der Waals surface area (Å²) in [6, 6.07) is 11.1. The average molecular weight is 419 g/mol. The summed E-state index contributed by atoms with van der Waals surface area (Å²) in [6.45, 7) is 0. The molecule has 0 unspecified atom stereocenters. The highest BCUT2D eigenvalue weighted by Gasteiger charge is 2.15. The van der Waals surface area contributed by atoms with Gasteiger partial charge in [-0.3, -0.25) is 9.97 Å². The molecular formula is C18H12Cl2N4S2. The van der Waals surface area contributed by atoms with E-state index >= 15 is 0 Å². The van der Waals surface area contributed by atoms with Gasteiger partial charge in [-0.2, -0.15) is 0 Å². The Morgan fingerprint density at radius 3 is 1.58 bits per heavy atom. The van der Waals surface area contributed by atoms with Crippen LogP contribution in [0, 0.1) is 0 Å². The first-order valence-electron chi connectivity index (χ1n) is 7.56. The number of nitrogens with two attached hydrogens (primary N) is 2. The highest BCUT2D eigenvalue weighted by molar-refractivity contribution is 8.76. The van der Waals surface area contributed by atoms with Crippen molar-refractivity contribution in [1.29, 1.82) is 0 Å². The molecule has 0 fully saturated rings. The van der Waals surface area contributed by atoms with Gasteiger partial charge in [0.1, 0.15) is 0 Å². The maximum atomic E-state index is 6.45. The number of hydrogen-bond acceptors (Lipinski definition) is 6. The molecular weight excluding hydrogens is 407 g/mol. The van der Waals surface area contributed by atoms with Gasteiger partial charge in [0.15, 0.2) is 0 Å². The minimum Gasteiger partial charge on any atom is -0.397 e. The molecule has 0 aliphatic heterocycles. The standard InChI is InChI=1S/C18H12Cl2N4S2/c19-11-7-13(21)15-9(3-1-5-23-15)17(11)25-26-18-10-4-2-6-24-16(10)14(22)8-12(18)20/h1-8H,21-22H2. The largest absolute Gasteiger partial charge is 0.397 e. The molecule has 130 valence electrons. The Kier molecular flexibility index (Phi) is 4.75. The van der Waals surface area contributed by atoms with Gasteiger partial charge in [0.25, 0.3) is 0 Å². The number of nitrogens with zero attached hydrogens (tertiary/aromatic N) is 2. The van der Waals surface area contributed by atoms with E-state index in [0.717, 1.165) is 31.6 Å². The second-order valence-corrected chi connectivity index (χ2v) is 8.48. The van der Waals surface area contributed by atoms with Gasteiger partial charge in [-0.1, -0.05) is 44.8 Å². The van der Waals surface area contributed by atoms with Crippen LogP contribution in [0.25, 0.3) is 21.8 Å². The second kappa shape index (κ2) is 7.04. The molecule has 0 amide bonds. The van der Waals surface area contributed by atoms with Gasteiger partial charge >= 0.3 is 0 Å². The lowest BCUT2D eigenvalue weighted by molar-refractivity contribution is 1.38. The van der Waals surface area contributed by atoms with Crippen molar-refractivity contribution < 1.29 is 0 Å². The lowest BCUT2D eigenvalue weighted by atomic mass is 10.2. The van der Waals surface area contributed by atoms with Crippen LogP contribution in [0.2, 0.25) is 10.0 Å². The number of anilines is 2. The smallest absolute Gasteiger partial charge is 0.0943 e. The zero-order valence-electron chi connectivity index (χ0n) is 13.2. The molecule has 0 saturated heterocycles. The van der Waals surface area contributed by atoms with Gasteiger partial charge in [0.05, 0.1) is 32.5 Å². The summed E-state index contributed by atoms with van der Waals surface area (Å²) in [5.74, 6) is 0. The summed E-state index contributed by atoms with van der Waals surface area (Å²) >= 11 is 12.9. The maximum absolute atomic E-state index is 6.45. The van der Waals surface area contributed by atoms with Gasteiger partial charge in [-0.05, 0) is 36.4 Å². The number of rotatable bonds is 3. The molecule has 4 aromatic rings. The van der Waals surface area contributed by atoms with Gasteiger partial charge in [0, 0.05) is 33.0 Å². The molecule has 2 aromatic carbocycles. The van der Waals surface area contributed by atoms with Crippen molar-refractivity contribution in [2.75, 3.05) is 11.5 Å². The fraction of sp³-hybridized carbons (Fsp3) is 0. The number of halogens is 2. The molecule has 0 aliphatic carbocycles. The Balaban J connectivity index is 1.80. The van der Waals surface area contributed by atoms with Crippen molar-refractivity contribution in [2.45, 2.75) is 9.79 Å². The van der Waals surface area contributed by atoms with Gasteiger partial charge in [-0.15, -0.1) is 0 Å². The van der Waals surface area contributed by atoms with Crippen molar-refractivity contribution in [3.8, 4) is 0 Å². The predicted octanol–water partition coefficient (Wildman–Crippen LogP) is 6.05. The summed E-state index contributed by atoms with van der Waals surface area (Å²) in [5, 5.41) is 2.97. The van der Waals surface area contributed by atoms with Crippen LogP contribution in [0.3, 0.4) is 0 Å². The summed E-state index contributed by atoms with van der Waals surface area (Å²) in [4.78, 5) is 10.5. The molecule has 0 spiro atoms. The minimum absolute atomic E-state index is 0.556. The Morgan fingerprint density at radius 2 is 1.15 bits per heavy atom. The van der Waals surface area contributed by atoms with Gasteiger partial charge in [-0.25, -0.2) is 0 Å². The summed E-state index contributed by atoms with van der Waals surface area (Å²) in [6.07, 6.45) is 3.43. The zero-order valence-corrected chi connectivity index (χ0v) is 16.4. The number of hydrogen-bond donors (Lipinski definition) is 2. The molecule has 0 atom stereocenters. The van der Waals surface area contributed by atoms with E-state index in [1.54, 1.807) is 24.5 Å². The van der Waals surface area contributed by atoms with Crippen molar-refractivity contribution in [2.24, 2.45) is 0 Å². The Hall–Kier alpha value is -1.86. The topological polar surface area (TPSA) is 77.8 Å². The second-order valence-electron chi connectivity index (χ2n) is 5.52. The molecule has 4 N–H and O–H groups in total. The normalized spacial score (nSPS) is 11.3. The molecule has 0 radical (unpaired) electrons. The van der Waals surface area contributed by atoms with Crippen LogP contribution in [-0.2, 0) is 0 Å². The number of benzene rings is 2. The molecule has 8 heteroatoms. The minimum atomic E-state index is 0.556. The Labute approximate surface area is 167 Å². The van der Waals surface area contributed by atoms with Crippen molar-refractivity contribution in [1.82, 2.24) is 9.97 Å². The molecule has 4 nitrogen and oxygen atoms in total. The van der Waals surface area contributed by atoms with Gasteiger partial charge in [0.2, 0.25) is 0 Å². The highest BCUT2D eigenvalue weighted by Crippen LogP contribution is 2.49. The van der Waals surface area contributed by atoms with E-state index in [0.29, 0.717) is 21.4 Å². The third kappa shape index (κ3) is 3.03. The van der Waals surface area contributed by atoms with E-state index < -0.39 is 0 Å². The lowest BCUT2D eigenvalue weighted by Crippen LogP contribution is -1.92. The number of pyridine rings is 2. The van der Waals surface area contributed by atoms with E-state index in [1.165, 1.54) is 21.6 Å². The highest BCUT2D eigenvalue weighted by atomic mass is 35.5. The molecule has 0 bridgehead atoms. The third-order valence-electron chi connectivity index (χ3n) is 3.86. The molecule has 4 rings (SSSR count). The van der Waals surface area contributed by atoms with Crippen LogP contribution < -0.4 is 11.5 Å². The molecule has 26 heavy (non-hydrogen) atoms. The summed E-state index contributed by atoms with van der Waals surface area (Å²) in [5.41, 5.74) is 14.7. The average Bonchev–Trinajstić information content (AvgIpc) is 2.64. The number of nitrogen functional groups attached to an aromatic ring is 2. The fourth-order valence-corrected chi connectivity index (χ4v) is 6.16. The van der Waals surface area contributed by atoms with Crippen LogP contribution in [-0.4, -0.2) is 9.97 Å². The van der Waals surface area contributed by atoms with E-state index in [1.807, 2.05) is 24.3 Å². The SMILES string of the molecule is Nc1cc(Cl)c(SSc2c(Cl)cc(N)c3ncccc23)c2cccnc12. The van der Waals surface area contributed by atoms with Crippen LogP contribution in [0.4, 0.5) is 11.4 Å². The molecule has 0 aliphatic rings. The number of aromatic nitrogens is 2. The van der Waals surface area contributed by atoms with E-state index in [-0.39, 0.29) is 0 Å². The van der Waals surface area contributed by atoms with Crippen LogP contribution in [0.1, 0.15) is 0 Å². The van der Waals surface area contributed by atoms with Crippen molar-refractivity contribution >= 4 is 78.0 Å². The van der Waals surface area contributed by atoms with E-state index in [4.69, 9.17) is 34.7 Å². The van der Waals surface area contributed by atoms with Crippen LogP contribution in [0.5, 0.6) is 0 Å². The maximum Gasteiger partial charge on any atom is 0.0943 e. The van der Waals surface area contributed by atoms with Crippen molar-refractivity contribution in [3.05, 3.63) is 58.8 Å². The monoisotopic (exact) mass is 418 g/mol. The van der Waals surface area contributed by atoms with Gasteiger partial charge < -0.3 is 11.5 Å². The summed E-state index contributed by atoms with van der Waals surface area (Å²) in [7, 11) is 3.02. The van der Waals surface area contributed by atoms with Crippen molar-refractivity contribution in [3.63, 3.8) is 0 Å². The Morgan fingerprint density at radius 1 is 0.731 bits per heavy atom. The van der Waals surface area contributed by atoms with E-state index in [2.05, 4.69) is 9.97 Å². The van der Waals surface area contributed by atoms with Crippen LogP contribution in [0.15, 0.2) is 58.6 Å². The summed E-state index contributed by atoms with van der Waals surface area (Å²) < 4.78 is 0. The first-order valence-corrected chi connectivity index (χ1v) is 10.5. The lowest BCUT2D eigenvalue weighted by Gasteiger charge is -2.12. The molecule has 0 saturated carbocycles. The van der Waals surface area contributed by atoms with Crippen LogP contribution >= 0.6 is 44.8 Å². The quantitative estimate of drug-likeness (QED) is 0.311. The first-order chi connectivity index (χ1) is 12.6. The third-order valence-corrected chi connectivity index (χ3v) is 7.22. The zero-order chi connectivity index (χ0) is 18.3.